The molecule has 1 heterocycles. The molecule has 6 nitrogen and oxygen atoms in total. The minimum Gasteiger partial charge on any atom is -0.497 e. The SMILES string of the molecule is COCC(C)NC(=O)c1snnc1-c1ccc(OC)cc1. The molecule has 1 atom stereocenters. The average molecular weight is 307 g/mol. The molecular formula is C14H17N3O3S. The predicted octanol–water partition coefficient (Wildman–Crippen LogP) is 1.98. The van der Waals surface area contributed by atoms with Gasteiger partial charge in [-0.2, -0.15) is 0 Å². The summed E-state index contributed by atoms with van der Waals surface area (Å²) in [6.45, 7) is 2.33. The number of benzene rings is 1. The highest BCUT2D eigenvalue weighted by atomic mass is 32.1. The molecule has 0 aliphatic rings. The lowest BCUT2D eigenvalue weighted by molar-refractivity contribution is 0.0910. The highest BCUT2D eigenvalue weighted by Gasteiger charge is 2.19. The Kier molecular flexibility index (Phi) is 5.24. The number of ether oxygens (including phenoxy) is 2. The highest BCUT2D eigenvalue weighted by Crippen LogP contribution is 2.25. The van der Waals surface area contributed by atoms with Crippen LogP contribution >= 0.6 is 11.5 Å². The lowest BCUT2D eigenvalue weighted by Crippen LogP contribution is -2.35. The Labute approximate surface area is 127 Å². The number of amides is 1. The second-order valence-corrected chi connectivity index (χ2v) is 5.26. The number of methoxy groups -OCH3 is 2. The van der Waals surface area contributed by atoms with Crippen LogP contribution in [0.2, 0.25) is 0 Å². The zero-order valence-corrected chi connectivity index (χ0v) is 12.9. The lowest BCUT2D eigenvalue weighted by Gasteiger charge is -2.12. The largest absolute Gasteiger partial charge is 0.497 e. The molecule has 0 aliphatic heterocycles. The van der Waals surface area contributed by atoms with Gasteiger partial charge in [-0.05, 0) is 42.7 Å². The van der Waals surface area contributed by atoms with E-state index in [1.54, 1.807) is 14.2 Å². The van der Waals surface area contributed by atoms with Crippen LogP contribution in [-0.2, 0) is 4.74 Å². The first-order chi connectivity index (χ1) is 10.2. The summed E-state index contributed by atoms with van der Waals surface area (Å²) in [6, 6.07) is 7.28. The summed E-state index contributed by atoms with van der Waals surface area (Å²) >= 11 is 1.08. The summed E-state index contributed by atoms with van der Waals surface area (Å²) in [5.74, 6) is 0.557. The molecule has 0 saturated heterocycles. The molecule has 0 saturated carbocycles. The molecule has 21 heavy (non-hydrogen) atoms. The second kappa shape index (κ2) is 7.14. The van der Waals surface area contributed by atoms with Crippen LogP contribution in [-0.4, -0.2) is 42.4 Å². The second-order valence-electron chi connectivity index (χ2n) is 4.51. The summed E-state index contributed by atoms with van der Waals surface area (Å²) in [4.78, 5) is 12.7. The van der Waals surface area contributed by atoms with Gasteiger partial charge in [0.15, 0.2) is 0 Å². The van der Waals surface area contributed by atoms with Gasteiger partial charge in [-0.15, -0.1) is 5.10 Å². The van der Waals surface area contributed by atoms with E-state index in [0.29, 0.717) is 17.2 Å². The van der Waals surface area contributed by atoms with Gasteiger partial charge in [0.2, 0.25) is 0 Å². The monoisotopic (exact) mass is 307 g/mol. The molecule has 1 amide bonds. The van der Waals surface area contributed by atoms with Crippen LogP contribution in [0.4, 0.5) is 0 Å². The molecule has 7 heteroatoms. The maximum atomic E-state index is 12.2. The van der Waals surface area contributed by atoms with Crippen molar-refractivity contribution in [2.75, 3.05) is 20.8 Å². The third kappa shape index (κ3) is 3.77. The van der Waals surface area contributed by atoms with Gasteiger partial charge in [0.25, 0.3) is 5.91 Å². The molecular weight excluding hydrogens is 290 g/mol. The standard InChI is InChI=1S/C14H17N3O3S/c1-9(8-19-2)15-14(18)13-12(16-17-21-13)10-4-6-11(20-3)7-5-10/h4-7,9H,8H2,1-3H3,(H,15,18). The van der Waals surface area contributed by atoms with E-state index in [1.165, 1.54) is 0 Å². The van der Waals surface area contributed by atoms with E-state index in [1.807, 2.05) is 31.2 Å². The van der Waals surface area contributed by atoms with Crippen LogP contribution in [0.15, 0.2) is 24.3 Å². The first kappa shape index (κ1) is 15.4. The molecule has 0 bridgehead atoms. The van der Waals surface area contributed by atoms with Gasteiger partial charge in [-0.3, -0.25) is 4.79 Å². The van der Waals surface area contributed by atoms with Crippen LogP contribution in [0.1, 0.15) is 16.6 Å². The van der Waals surface area contributed by atoms with Crippen LogP contribution in [0.25, 0.3) is 11.3 Å². The van der Waals surface area contributed by atoms with Gasteiger partial charge in [0.05, 0.1) is 13.7 Å². The zero-order valence-electron chi connectivity index (χ0n) is 12.1. The van der Waals surface area contributed by atoms with Crippen molar-refractivity contribution in [2.45, 2.75) is 13.0 Å². The molecule has 112 valence electrons. The van der Waals surface area contributed by atoms with E-state index in [4.69, 9.17) is 9.47 Å². The Morgan fingerprint density at radius 3 is 2.67 bits per heavy atom. The van der Waals surface area contributed by atoms with Crippen molar-refractivity contribution < 1.29 is 14.3 Å². The minimum atomic E-state index is -0.194. The first-order valence-corrected chi connectivity index (χ1v) is 7.19. The molecule has 1 N–H and O–H groups in total. The molecule has 2 rings (SSSR count). The first-order valence-electron chi connectivity index (χ1n) is 6.42. The number of carbonyl (C=O) groups excluding carboxylic acids is 1. The minimum absolute atomic E-state index is 0.0756. The van der Waals surface area contributed by atoms with Gasteiger partial charge in [-0.1, -0.05) is 4.49 Å². The fourth-order valence-electron chi connectivity index (χ4n) is 1.86. The molecule has 2 aromatic rings. The number of aromatic nitrogens is 2. The average Bonchev–Trinajstić information content (AvgIpc) is 2.97. The summed E-state index contributed by atoms with van der Waals surface area (Å²) in [5.41, 5.74) is 1.40. The Morgan fingerprint density at radius 1 is 1.33 bits per heavy atom. The van der Waals surface area contributed by atoms with Gasteiger partial charge in [0, 0.05) is 18.7 Å². The van der Waals surface area contributed by atoms with Gasteiger partial charge in [-0.25, -0.2) is 0 Å². The van der Waals surface area contributed by atoms with E-state index in [2.05, 4.69) is 14.9 Å². The van der Waals surface area contributed by atoms with Crippen molar-refractivity contribution in [3.8, 4) is 17.0 Å². The van der Waals surface area contributed by atoms with Crippen molar-refractivity contribution >= 4 is 17.4 Å². The third-order valence-electron chi connectivity index (χ3n) is 2.85. The highest BCUT2D eigenvalue weighted by molar-refractivity contribution is 7.08. The van der Waals surface area contributed by atoms with E-state index >= 15 is 0 Å². The topological polar surface area (TPSA) is 73.3 Å². The maximum Gasteiger partial charge on any atom is 0.265 e. The number of rotatable bonds is 6. The summed E-state index contributed by atoms with van der Waals surface area (Å²) in [5, 5.41) is 6.91. The fourth-order valence-corrected chi connectivity index (χ4v) is 2.45. The quantitative estimate of drug-likeness (QED) is 0.883. The van der Waals surface area contributed by atoms with Crippen LogP contribution in [0, 0.1) is 0 Å². The molecule has 1 unspecified atom stereocenters. The van der Waals surface area contributed by atoms with Crippen LogP contribution in [0.3, 0.4) is 0 Å². The molecule has 0 aliphatic carbocycles. The van der Waals surface area contributed by atoms with E-state index < -0.39 is 0 Å². The normalized spacial score (nSPS) is 12.0. The molecule has 1 aromatic carbocycles. The van der Waals surface area contributed by atoms with E-state index in [-0.39, 0.29) is 11.9 Å². The van der Waals surface area contributed by atoms with Crippen molar-refractivity contribution in [1.29, 1.82) is 0 Å². The molecule has 0 radical (unpaired) electrons. The van der Waals surface area contributed by atoms with Gasteiger partial charge < -0.3 is 14.8 Å². The Morgan fingerprint density at radius 2 is 2.05 bits per heavy atom. The number of hydrogen-bond donors (Lipinski definition) is 1. The number of hydrogen-bond acceptors (Lipinski definition) is 6. The van der Waals surface area contributed by atoms with Crippen molar-refractivity contribution in [1.82, 2.24) is 14.9 Å². The van der Waals surface area contributed by atoms with Gasteiger partial charge in [0.1, 0.15) is 16.3 Å². The Bertz CT molecular complexity index is 598. The van der Waals surface area contributed by atoms with Crippen LogP contribution in [0.5, 0.6) is 5.75 Å². The number of carbonyl (C=O) groups is 1. The maximum absolute atomic E-state index is 12.2. The smallest absolute Gasteiger partial charge is 0.265 e. The Balaban J connectivity index is 2.19. The van der Waals surface area contributed by atoms with E-state index in [0.717, 1.165) is 22.8 Å². The summed E-state index contributed by atoms with van der Waals surface area (Å²) in [6.07, 6.45) is 0. The van der Waals surface area contributed by atoms with Crippen molar-refractivity contribution in [3.63, 3.8) is 0 Å². The van der Waals surface area contributed by atoms with E-state index in [9.17, 15) is 4.79 Å². The Hall–Kier alpha value is -1.99. The van der Waals surface area contributed by atoms with Crippen molar-refractivity contribution in [2.24, 2.45) is 0 Å². The van der Waals surface area contributed by atoms with Crippen LogP contribution < -0.4 is 10.1 Å². The fraction of sp³-hybridized carbons (Fsp3) is 0.357. The lowest BCUT2D eigenvalue weighted by atomic mass is 10.1. The third-order valence-corrected chi connectivity index (χ3v) is 3.58. The predicted molar refractivity (Wildman–Crippen MR) is 80.7 cm³/mol. The molecule has 1 aromatic heterocycles. The number of nitrogens with zero attached hydrogens (tertiary/aromatic N) is 2. The van der Waals surface area contributed by atoms with Crippen molar-refractivity contribution in [3.05, 3.63) is 29.1 Å². The summed E-state index contributed by atoms with van der Waals surface area (Å²) < 4.78 is 14.0. The summed E-state index contributed by atoms with van der Waals surface area (Å²) in [7, 11) is 3.20. The molecule has 0 spiro atoms. The zero-order chi connectivity index (χ0) is 15.2. The number of nitrogens with one attached hydrogen (secondary N) is 1. The van der Waals surface area contributed by atoms with Gasteiger partial charge >= 0.3 is 0 Å². The molecule has 0 fully saturated rings.